The standard InChI is InChI=1S/2Ba.HNO3.H2O4S.4H/c;;2-1(3)4;1-5(2,3)4;;;;/h;;(H,2,3,4);(H2,1,2,3,4);;;;/q2*+2;;;4*-1. The quantitative estimate of drug-likeness (QED) is 0.184. The van der Waals surface area contributed by atoms with Crippen LogP contribution in [0, 0.1) is 10.1 Å². The van der Waals surface area contributed by atoms with Crippen LogP contribution in [0.2, 0.25) is 0 Å². The Morgan fingerprint density at radius 3 is 1.27 bits per heavy atom. The van der Waals surface area contributed by atoms with Gasteiger partial charge in [-0.2, -0.15) is 8.42 Å². The summed E-state index contributed by atoms with van der Waals surface area (Å²) in [6.45, 7) is 0. The molecule has 0 aromatic carbocycles. The normalized spacial score (nSPS) is 7.45. The maximum Gasteiger partial charge on any atom is 2.00 e. The van der Waals surface area contributed by atoms with Crippen LogP contribution in [0.1, 0.15) is 5.71 Å². The maximum absolute atomic E-state index is 8.74. The molecular weight excluding hydrogens is 433 g/mol. The molecule has 0 aliphatic carbocycles. The summed E-state index contributed by atoms with van der Waals surface area (Å²) in [6.07, 6.45) is 0. The third kappa shape index (κ3) is 260. The Bertz CT molecular complexity index is 171. The third-order valence-electron chi connectivity index (χ3n) is 0. The Hall–Kier alpha value is 2.21. The Morgan fingerprint density at radius 2 is 1.27 bits per heavy atom. The first-order valence-corrected chi connectivity index (χ1v) is 2.66. The SMILES string of the molecule is O=S(=O)(O)O.O=[N+]([O-])O.[Ba+2].[Ba+2].[H-].[H-].[H-].[H-]. The number of rotatable bonds is 0. The van der Waals surface area contributed by atoms with Crippen LogP contribution in [0.5, 0.6) is 0 Å². The van der Waals surface area contributed by atoms with Gasteiger partial charge in [0.15, 0.2) is 0 Å². The molecule has 0 unspecified atom stereocenters. The van der Waals surface area contributed by atoms with E-state index in [4.69, 9.17) is 32.8 Å². The smallest absolute Gasteiger partial charge is 1.00 e. The summed E-state index contributed by atoms with van der Waals surface area (Å²) in [4.78, 5) is 8.36. The van der Waals surface area contributed by atoms with E-state index < -0.39 is 15.5 Å². The van der Waals surface area contributed by atoms with E-state index in [9.17, 15) is 0 Å². The van der Waals surface area contributed by atoms with Gasteiger partial charge in [0.25, 0.3) is 5.09 Å². The average Bonchev–Trinajstić information content (AvgIpc) is 1.19. The zero-order valence-electron chi connectivity index (χ0n) is 9.24. The van der Waals surface area contributed by atoms with Crippen molar-refractivity contribution in [2.75, 3.05) is 0 Å². The first-order valence-electron chi connectivity index (χ1n) is 1.26. The van der Waals surface area contributed by atoms with Gasteiger partial charge in [-0.05, 0) is 0 Å². The van der Waals surface area contributed by atoms with Gasteiger partial charge in [0.1, 0.15) is 0 Å². The van der Waals surface area contributed by atoms with E-state index in [1.54, 1.807) is 0 Å². The molecule has 3 N–H and O–H groups in total. The molecule has 0 atom stereocenters. The molecular formula is H7Ba2NO7S. The van der Waals surface area contributed by atoms with Gasteiger partial charge in [-0.15, -0.1) is 10.1 Å². The third-order valence-corrected chi connectivity index (χ3v) is 0. The minimum absolute atomic E-state index is 0. The van der Waals surface area contributed by atoms with Crippen LogP contribution in [-0.4, -0.2) is 126 Å². The van der Waals surface area contributed by atoms with Crippen LogP contribution >= 0.6 is 0 Å². The fourth-order valence-electron chi connectivity index (χ4n) is 0. The molecule has 0 rings (SSSR count). The van der Waals surface area contributed by atoms with Crippen molar-refractivity contribution in [2.45, 2.75) is 0 Å². The van der Waals surface area contributed by atoms with E-state index in [0.717, 1.165) is 0 Å². The molecule has 64 valence electrons. The molecule has 0 bridgehead atoms. The van der Waals surface area contributed by atoms with Gasteiger partial charge in [-0.25, -0.2) is 0 Å². The van der Waals surface area contributed by atoms with Crippen LogP contribution in [-0.2, 0) is 10.4 Å². The second-order valence-electron chi connectivity index (χ2n) is 0.686. The molecule has 11 heteroatoms. The van der Waals surface area contributed by atoms with Crippen LogP contribution in [0.15, 0.2) is 0 Å². The molecule has 0 aromatic heterocycles. The largest absolute Gasteiger partial charge is 2.00 e. The summed E-state index contributed by atoms with van der Waals surface area (Å²) in [7, 11) is -4.67. The summed E-state index contributed by atoms with van der Waals surface area (Å²) in [5.74, 6) is 0. The molecule has 0 amide bonds. The van der Waals surface area contributed by atoms with Gasteiger partial charge in [0.05, 0.1) is 0 Å². The molecule has 0 radical (unpaired) electrons. The van der Waals surface area contributed by atoms with Gasteiger partial charge in [-0.3, -0.25) is 9.11 Å². The van der Waals surface area contributed by atoms with Crippen molar-refractivity contribution in [3.8, 4) is 0 Å². The fourth-order valence-corrected chi connectivity index (χ4v) is 0. The predicted octanol–water partition coefficient (Wildman–Crippen LogP) is -1.31. The minimum Gasteiger partial charge on any atom is -1.00 e. The van der Waals surface area contributed by atoms with Gasteiger partial charge < -0.3 is 10.9 Å². The first-order chi connectivity index (χ1) is 3.73. The van der Waals surface area contributed by atoms with Crippen molar-refractivity contribution in [3.63, 3.8) is 0 Å². The minimum atomic E-state index is -4.67. The van der Waals surface area contributed by atoms with Crippen LogP contribution < -0.4 is 0 Å². The maximum atomic E-state index is 8.74. The molecule has 0 saturated carbocycles. The van der Waals surface area contributed by atoms with Crippen molar-refractivity contribution in [1.29, 1.82) is 0 Å². The summed E-state index contributed by atoms with van der Waals surface area (Å²) in [5.41, 5.74) is 0. The van der Waals surface area contributed by atoms with Gasteiger partial charge in [0, 0.05) is 0 Å². The molecule has 11 heavy (non-hydrogen) atoms. The van der Waals surface area contributed by atoms with Crippen molar-refractivity contribution in [2.24, 2.45) is 0 Å². The zero-order chi connectivity index (χ0) is 8.08. The molecule has 8 nitrogen and oxygen atoms in total. The molecule has 0 saturated heterocycles. The van der Waals surface area contributed by atoms with E-state index in [-0.39, 0.29) is 103 Å². The topological polar surface area (TPSA) is 138 Å². The van der Waals surface area contributed by atoms with Crippen LogP contribution in [0.25, 0.3) is 0 Å². The summed E-state index contributed by atoms with van der Waals surface area (Å²) in [5, 5.41) is 13.6. The Labute approximate surface area is 149 Å². The van der Waals surface area contributed by atoms with E-state index in [1.807, 2.05) is 0 Å². The van der Waals surface area contributed by atoms with Crippen molar-refractivity contribution in [3.05, 3.63) is 10.1 Å². The van der Waals surface area contributed by atoms with Gasteiger partial charge in [-0.1, -0.05) is 0 Å². The molecule has 0 aliphatic rings. The van der Waals surface area contributed by atoms with E-state index in [2.05, 4.69) is 0 Å². The van der Waals surface area contributed by atoms with E-state index in [0.29, 0.717) is 0 Å². The fraction of sp³-hybridized carbons (Fsp3) is 0. The van der Waals surface area contributed by atoms with E-state index >= 15 is 0 Å². The molecule has 0 aliphatic heterocycles. The Morgan fingerprint density at radius 1 is 1.27 bits per heavy atom. The second kappa shape index (κ2) is 12.2. The van der Waals surface area contributed by atoms with Gasteiger partial charge in [0.2, 0.25) is 0 Å². The van der Waals surface area contributed by atoms with E-state index in [1.165, 1.54) is 0 Å². The van der Waals surface area contributed by atoms with Crippen LogP contribution in [0.3, 0.4) is 0 Å². The molecule has 0 heterocycles. The van der Waals surface area contributed by atoms with Gasteiger partial charge >= 0.3 is 108 Å². The number of nitrogens with zero attached hydrogens (tertiary/aromatic N) is 1. The number of hydrogen-bond acceptors (Lipinski definition) is 4. The average molecular weight is 440 g/mol. The number of hydrogen-bond donors (Lipinski definition) is 3. The Balaban J connectivity index is -0.00000000785. The molecule has 0 aromatic rings. The monoisotopic (exact) mass is 441 g/mol. The molecule has 0 fully saturated rings. The van der Waals surface area contributed by atoms with Crippen molar-refractivity contribution in [1.82, 2.24) is 0 Å². The predicted molar refractivity (Wildman–Crippen MR) is 38.9 cm³/mol. The van der Waals surface area contributed by atoms with Crippen LogP contribution in [0.4, 0.5) is 0 Å². The zero-order valence-corrected chi connectivity index (χ0v) is 14.9. The summed E-state index contributed by atoms with van der Waals surface area (Å²) in [6, 6.07) is 0. The molecule has 0 spiro atoms. The van der Waals surface area contributed by atoms with Crippen molar-refractivity contribution >= 4 is 108 Å². The van der Waals surface area contributed by atoms with Crippen molar-refractivity contribution < 1.29 is 33.5 Å². The second-order valence-corrected chi connectivity index (χ2v) is 1.58. The Kier molecular flexibility index (Phi) is 25.8. The summed E-state index contributed by atoms with van der Waals surface area (Å²) < 4.78 is 31.6. The first kappa shape index (κ1) is 23.2. The summed E-state index contributed by atoms with van der Waals surface area (Å²) >= 11 is 0.